The second-order valence-corrected chi connectivity index (χ2v) is 10.00. The lowest BCUT2D eigenvalue weighted by Gasteiger charge is -2.10. The van der Waals surface area contributed by atoms with Crippen molar-refractivity contribution in [1.82, 2.24) is 0 Å². The number of aliphatic imine (C=N–C) groups is 2. The first-order valence-corrected chi connectivity index (χ1v) is 13.8. The Balaban J connectivity index is 1.33. The average molecular weight is 527 g/mol. The molecule has 6 rings (SSSR count). The summed E-state index contributed by atoms with van der Waals surface area (Å²) in [6.45, 7) is 6.35. The zero-order chi connectivity index (χ0) is 28.0. The van der Waals surface area contributed by atoms with Crippen LogP contribution in [0.3, 0.4) is 0 Å². The first kappa shape index (κ1) is 25.9. The minimum Gasteiger partial charge on any atom is -0.233 e. The molecule has 0 bridgehead atoms. The fourth-order valence-corrected chi connectivity index (χ4v) is 5.03. The van der Waals surface area contributed by atoms with Crippen molar-refractivity contribution >= 4 is 28.0 Å². The van der Waals surface area contributed by atoms with Gasteiger partial charge in [0.25, 0.3) is 0 Å². The van der Waals surface area contributed by atoms with Gasteiger partial charge in [0.05, 0.1) is 5.70 Å². The smallest absolute Gasteiger partial charge is 0.160 e. The largest absolute Gasteiger partial charge is 0.233 e. The molecule has 41 heavy (non-hydrogen) atoms. The molecule has 0 spiro atoms. The molecule has 0 aliphatic heterocycles. The van der Waals surface area contributed by atoms with Gasteiger partial charge < -0.3 is 0 Å². The highest BCUT2D eigenvalue weighted by molar-refractivity contribution is 6.13. The average Bonchev–Trinajstić information content (AvgIpc) is 3.05. The Morgan fingerprint density at radius 3 is 1.88 bits per heavy atom. The number of fused-ring (bicyclic) bond motifs is 1. The molecule has 0 saturated heterocycles. The summed E-state index contributed by atoms with van der Waals surface area (Å²) in [5.41, 5.74) is 9.22. The van der Waals surface area contributed by atoms with Crippen molar-refractivity contribution in [2.24, 2.45) is 9.98 Å². The molecule has 6 aromatic carbocycles. The summed E-state index contributed by atoms with van der Waals surface area (Å²) in [5, 5.41) is 2.49. The van der Waals surface area contributed by atoms with Crippen molar-refractivity contribution in [1.29, 1.82) is 0 Å². The summed E-state index contributed by atoms with van der Waals surface area (Å²) in [5.74, 6) is 0.636. The highest BCUT2D eigenvalue weighted by Crippen LogP contribution is 2.29. The van der Waals surface area contributed by atoms with Crippen LogP contribution in [0.15, 0.2) is 168 Å². The molecule has 0 amide bonds. The van der Waals surface area contributed by atoms with E-state index in [-0.39, 0.29) is 0 Å². The van der Waals surface area contributed by atoms with Gasteiger partial charge in [-0.25, -0.2) is 9.98 Å². The quantitative estimate of drug-likeness (QED) is 0.152. The van der Waals surface area contributed by atoms with Gasteiger partial charge >= 0.3 is 0 Å². The van der Waals surface area contributed by atoms with E-state index in [1.165, 1.54) is 21.9 Å². The number of hydrogen-bond donors (Lipinski definition) is 0. The van der Waals surface area contributed by atoms with Crippen LogP contribution in [0.1, 0.15) is 23.6 Å². The van der Waals surface area contributed by atoms with E-state index in [0.717, 1.165) is 33.5 Å². The van der Waals surface area contributed by atoms with Crippen LogP contribution in [0.5, 0.6) is 0 Å². The van der Waals surface area contributed by atoms with Crippen LogP contribution in [0.4, 0.5) is 0 Å². The van der Waals surface area contributed by atoms with E-state index in [4.69, 9.17) is 9.98 Å². The minimum atomic E-state index is 0.636. The van der Waals surface area contributed by atoms with Gasteiger partial charge in [0.15, 0.2) is 5.84 Å². The normalized spacial score (nSPS) is 11.9. The van der Waals surface area contributed by atoms with Crippen molar-refractivity contribution in [3.63, 3.8) is 0 Å². The van der Waals surface area contributed by atoms with Crippen LogP contribution >= 0.6 is 0 Å². The lowest BCUT2D eigenvalue weighted by Crippen LogP contribution is -2.04. The zero-order valence-electron chi connectivity index (χ0n) is 23.0. The number of hydrogen-bond acceptors (Lipinski definition) is 1. The Morgan fingerprint density at radius 2 is 1.10 bits per heavy atom. The minimum absolute atomic E-state index is 0.636. The van der Waals surface area contributed by atoms with Gasteiger partial charge in [0, 0.05) is 16.8 Å². The van der Waals surface area contributed by atoms with Gasteiger partial charge in [-0.2, -0.15) is 0 Å². The highest BCUT2D eigenvalue weighted by atomic mass is 14.9. The van der Waals surface area contributed by atoms with Crippen molar-refractivity contribution in [3.8, 4) is 22.3 Å². The predicted octanol–water partition coefficient (Wildman–Crippen LogP) is 10.1. The lowest BCUT2D eigenvalue weighted by molar-refractivity contribution is 1.44. The molecular weight excluding hydrogens is 496 g/mol. The molecular formula is C39H30N2. The molecule has 0 aliphatic rings. The monoisotopic (exact) mass is 526 g/mol. The fourth-order valence-electron chi connectivity index (χ4n) is 5.03. The van der Waals surface area contributed by atoms with Crippen molar-refractivity contribution in [3.05, 3.63) is 175 Å². The van der Waals surface area contributed by atoms with Crippen LogP contribution < -0.4 is 0 Å². The SMILES string of the molecule is C=C(/N=C(\N=C(/C)c1ccc(-c2cccc3ccccc23)cc1)c1ccccc1)c1cccc(-c2ccccc2)c1. The third-order valence-electron chi connectivity index (χ3n) is 7.25. The van der Waals surface area contributed by atoms with Gasteiger partial charge in [-0.1, -0.05) is 152 Å². The molecule has 0 N–H and O–H groups in total. The summed E-state index contributed by atoms with van der Waals surface area (Å²) in [6, 6.07) is 52.3. The summed E-state index contributed by atoms with van der Waals surface area (Å²) < 4.78 is 0. The standard InChI is InChI=1S/C39H30N2/c1-28(30-23-25-33(26-24-30)38-22-12-18-32-15-9-10-21-37(32)38)40-39(34-16-7-4-8-17-34)41-29(2)35-19-11-20-36(27-35)31-13-5-3-6-14-31/h3-27H,2H2,1H3/b40-28+,41-39-. The van der Waals surface area contributed by atoms with Crippen LogP contribution in [-0.4, -0.2) is 11.5 Å². The number of nitrogens with zero attached hydrogens (tertiary/aromatic N) is 2. The molecule has 2 nitrogen and oxygen atoms in total. The van der Waals surface area contributed by atoms with Crippen molar-refractivity contribution in [2.75, 3.05) is 0 Å². The van der Waals surface area contributed by atoms with Gasteiger partial charge in [-0.3, -0.25) is 0 Å². The maximum atomic E-state index is 5.02. The summed E-state index contributed by atoms with van der Waals surface area (Å²) in [6.07, 6.45) is 0. The molecule has 0 aromatic heterocycles. The lowest BCUT2D eigenvalue weighted by atomic mass is 9.97. The first-order valence-electron chi connectivity index (χ1n) is 13.8. The predicted molar refractivity (Wildman–Crippen MR) is 175 cm³/mol. The third-order valence-corrected chi connectivity index (χ3v) is 7.25. The zero-order valence-corrected chi connectivity index (χ0v) is 23.0. The van der Waals surface area contributed by atoms with E-state index in [9.17, 15) is 0 Å². The highest BCUT2D eigenvalue weighted by Gasteiger charge is 2.09. The molecule has 0 heterocycles. The van der Waals surface area contributed by atoms with Crippen LogP contribution in [0.25, 0.3) is 38.7 Å². The fraction of sp³-hybridized carbons (Fsp3) is 0.0256. The molecule has 2 heteroatoms. The molecule has 0 radical (unpaired) electrons. The van der Waals surface area contributed by atoms with Crippen LogP contribution in [-0.2, 0) is 0 Å². The van der Waals surface area contributed by atoms with Gasteiger partial charge in [-0.15, -0.1) is 0 Å². The third kappa shape index (κ3) is 5.83. The van der Waals surface area contributed by atoms with Gasteiger partial charge in [0.1, 0.15) is 0 Å². The van der Waals surface area contributed by atoms with Crippen molar-refractivity contribution < 1.29 is 0 Å². The number of rotatable bonds is 6. The van der Waals surface area contributed by atoms with Crippen molar-refractivity contribution in [2.45, 2.75) is 6.92 Å². The molecule has 0 aliphatic carbocycles. The van der Waals surface area contributed by atoms with E-state index in [2.05, 4.69) is 110 Å². The molecule has 0 saturated carbocycles. The van der Waals surface area contributed by atoms with Gasteiger partial charge in [-0.05, 0) is 51.6 Å². The molecule has 0 unspecified atom stereocenters. The Hall–Kier alpha value is -5.34. The summed E-state index contributed by atoms with van der Waals surface area (Å²) >= 11 is 0. The molecule has 196 valence electrons. The molecule has 6 aromatic rings. The Labute approximate surface area is 241 Å². The second-order valence-electron chi connectivity index (χ2n) is 10.00. The van der Waals surface area contributed by atoms with Gasteiger partial charge in [0.2, 0.25) is 0 Å². The maximum absolute atomic E-state index is 5.02. The van der Waals surface area contributed by atoms with E-state index in [0.29, 0.717) is 11.5 Å². The van der Waals surface area contributed by atoms with E-state index < -0.39 is 0 Å². The number of amidine groups is 1. The molecule has 0 fully saturated rings. The number of benzene rings is 6. The van der Waals surface area contributed by atoms with E-state index >= 15 is 0 Å². The summed E-state index contributed by atoms with van der Waals surface area (Å²) in [4.78, 5) is 9.97. The Bertz CT molecular complexity index is 1870. The van der Waals surface area contributed by atoms with E-state index in [1.807, 2.05) is 55.5 Å². The Morgan fingerprint density at radius 1 is 0.488 bits per heavy atom. The maximum Gasteiger partial charge on any atom is 0.160 e. The van der Waals surface area contributed by atoms with E-state index in [1.54, 1.807) is 0 Å². The summed E-state index contributed by atoms with van der Waals surface area (Å²) in [7, 11) is 0. The first-order chi connectivity index (χ1) is 20.2. The van der Waals surface area contributed by atoms with Crippen LogP contribution in [0, 0.1) is 0 Å². The Kier molecular flexibility index (Phi) is 7.46. The van der Waals surface area contributed by atoms with Crippen LogP contribution in [0.2, 0.25) is 0 Å². The molecule has 0 atom stereocenters. The second kappa shape index (κ2) is 11.8. The topological polar surface area (TPSA) is 24.7 Å².